The van der Waals surface area contributed by atoms with Gasteiger partial charge in [-0.1, -0.05) is 12.1 Å². The Hall–Kier alpha value is -0.780. The zero-order valence-electron chi connectivity index (χ0n) is 8.48. The number of rotatable bonds is 0. The van der Waals surface area contributed by atoms with Gasteiger partial charge < -0.3 is 0 Å². The molecular formula is C13H16. The van der Waals surface area contributed by atoms with Crippen molar-refractivity contribution in [3.63, 3.8) is 0 Å². The third kappa shape index (κ3) is 0.979. The van der Waals surface area contributed by atoms with Gasteiger partial charge in [-0.2, -0.15) is 0 Å². The minimum Gasteiger partial charge on any atom is -0.0588 e. The lowest BCUT2D eigenvalue weighted by atomic mass is 10.0. The summed E-state index contributed by atoms with van der Waals surface area (Å²) in [5.41, 5.74) is 7.13. The number of aryl methyl sites for hydroxylation is 2. The van der Waals surface area contributed by atoms with Gasteiger partial charge in [-0.25, -0.2) is 0 Å². The highest BCUT2D eigenvalue weighted by atomic mass is 14.5. The molecule has 68 valence electrons. The van der Waals surface area contributed by atoms with E-state index in [2.05, 4.69) is 26.0 Å². The minimum absolute atomic E-state index is 0.735. The summed E-state index contributed by atoms with van der Waals surface area (Å²) < 4.78 is 0. The summed E-state index contributed by atoms with van der Waals surface area (Å²) in [7, 11) is 0. The first-order chi connectivity index (χ1) is 6.20. The molecule has 0 N–H and O–H groups in total. The van der Waals surface area contributed by atoms with Crippen LogP contribution < -0.4 is 0 Å². The summed E-state index contributed by atoms with van der Waals surface area (Å²) in [5.74, 6) is 0. The average Bonchev–Trinajstić information content (AvgIpc) is 2.70. The van der Waals surface area contributed by atoms with Crippen molar-refractivity contribution in [3.05, 3.63) is 34.4 Å². The maximum absolute atomic E-state index is 2.29. The predicted molar refractivity (Wildman–Crippen MR) is 55.0 cm³/mol. The summed E-state index contributed by atoms with van der Waals surface area (Å²) in [6.45, 7) is 4.53. The molecule has 0 aliphatic heterocycles. The van der Waals surface area contributed by atoms with Crippen LogP contribution in [0.15, 0.2) is 12.1 Å². The molecule has 2 aliphatic carbocycles. The molecule has 1 aromatic rings. The van der Waals surface area contributed by atoms with E-state index in [-0.39, 0.29) is 0 Å². The van der Waals surface area contributed by atoms with Crippen LogP contribution in [0.2, 0.25) is 0 Å². The summed E-state index contributed by atoms with van der Waals surface area (Å²) in [6, 6.07) is 4.57. The van der Waals surface area contributed by atoms with Gasteiger partial charge in [0, 0.05) is 0 Å². The molecule has 1 spiro atoms. The molecule has 1 saturated carbocycles. The second kappa shape index (κ2) is 2.17. The van der Waals surface area contributed by atoms with E-state index < -0.39 is 0 Å². The van der Waals surface area contributed by atoms with Crippen molar-refractivity contribution in [2.24, 2.45) is 5.41 Å². The molecule has 0 nitrogen and oxygen atoms in total. The van der Waals surface area contributed by atoms with Crippen LogP contribution in [-0.4, -0.2) is 0 Å². The van der Waals surface area contributed by atoms with Crippen LogP contribution in [0.4, 0.5) is 0 Å². The van der Waals surface area contributed by atoms with E-state index in [0.717, 1.165) is 5.41 Å². The normalized spacial score (nSPS) is 22.0. The number of benzene rings is 1. The van der Waals surface area contributed by atoms with Gasteiger partial charge in [0.05, 0.1) is 0 Å². The molecule has 0 heterocycles. The molecule has 0 saturated heterocycles. The van der Waals surface area contributed by atoms with Gasteiger partial charge in [-0.3, -0.25) is 0 Å². The molecular weight excluding hydrogens is 156 g/mol. The second-order valence-electron chi connectivity index (χ2n) is 5.01. The van der Waals surface area contributed by atoms with E-state index in [1.165, 1.54) is 36.8 Å². The van der Waals surface area contributed by atoms with Gasteiger partial charge in [-0.15, -0.1) is 0 Å². The molecule has 0 unspecified atom stereocenters. The Balaban J connectivity index is 2.16. The zero-order valence-corrected chi connectivity index (χ0v) is 8.48. The van der Waals surface area contributed by atoms with E-state index in [0.29, 0.717) is 0 Å². The van der Waals surface area contributed by atoms with Crippen LogP contribution in [-0.2, 0) is 12.8 Å². The summed E-state index contributed by atoms with van der Waals surface area (Å²) in [4.78, 5) is 0. The molecule has 0 radical (unpaired) electrons. The SMILES string of the molecule is Cc1ccc(C)c2c1CC1(CC1)C2. The Labute approximate surface area is 80.0 Å². The fourth-order valence-electron chi connectivity index (χ4n) is 2.76. The molecule has 0 aromatic heterocycles. The summed E-state index contributed by atoms with van der Waals surface area (Å²) in [5, 5.41) is 0. The summed E-state index contributed by atoms with van der Waals surface area (Å²) >= 11 is 0. The average molecular weight is 172 g/mol. The molecule has 0 bridgehead atoms. The van der Waals surface area contributed by atoms with E-state index in [9.17, 15) is 0 Å². The van der Waals surface area contributed by atoms with Crippen molar-refractivity contribution in [1.29, 1.82) is 0 Å². The Morgan fingerprint density at radius 1 is 0.923 bits per heavy atom. The smallest absolute Gasteiger partial charge is 0.0213 e. The molecule has 0 heteroatoms. The van der Waals surface area contributed by atoms with Crippen molar-refractivity contribution in [2.45, 2.75) is 39.5 Å². The first-order valence-electron chi connectivity index (χ1n) is 5.28. The van der Waals surface area contributed by atoms with Crippen LogP contribution >= 0.6 is 0 Å². The Bertz CT molecular complexity index is 337. The van der Waals surface area contributed by atoms with Crippen molar-refractivity contribution in [2.75, 3.05) is 0 Å². The highest BCUT2D eigenvalue weighted by Gasteiger charge is 2.47. The van der Waals surface area contributed by atoms with Gasteiger partial charge >= 0.3 is 0 Å². The number of hydrogen-bond donors (Lipinski definition) is 0. The second-order valence-corrected chi connectivity index (χ2v) is 5.01. The standard InChI is InChI=1S/C13H16/c1-9-3-4-10(2)12-8-13(5-6-13)7-11(9)12/h3-4H,5-8H2,1-2H3. The molecule has 0 atom stereocenters. The first-order valence-corrected chi connectivity index (χ1v) is 5.28. The van der Waals surface area contributed by atoms with Gasteiger partial charge in [0.15, 0.2) is 0 Å². The molecule has 3 rings (SSSR count). The Morgan fingerprint density at radius 3 is 1.77 bits per heavy atom. The molecule has 2 aliphatic rings. The third-order valence-corrected chi connectivity index (χ3v) is 3.96. The third-order valence-electron chi connectivity index (χ3n) is 3.96. The molecule has 13 heavy (non-hydrogen) atoms. The van der Waals surface area contributed by atoms with E-state index >= 15 is 0 Å². The number of fused-ring (bicyclic) bond motifs is 1. The van der Waals surface area contributed by atoms with E-state index in [1.807, 2.05) is 0 Å². The fraction of sp³-hybridized carbons (Fsp3) is 0.538. The highest BCUT2D eigenvalue weighted by molar-refractivity contribution is 5.46. The van der Waals surface area contributed by atoms with Crippen LogP contribution in [0, 0.1) is 19.3 Å². The number of hydrogen-bond acceptors (Lipinski definition) is 0. The van der Waals surface area contributed by atoms with Crippen molar-refractivity contribution < 1.29 is 0 Å². The van der Waals surface area contributed by atoms with Gasteiger partial charge in [0.2, 0.25) is 0 Å². The lowest BCUT2D eigenvalue weighted by Gasteiger charge is -2.05. The van der Waals surface area contributed by atoms with Crippen LogP contribution in [0.25, 0.3) is 0 Å². The van der Waals surface area contributed by atoms with Crippen molar-refractivity contribution in [3.8, 4) is 0 Å². The molecule has 1 aromatic carbocycles. The highest BCUT2D eigenvalue weighted by Crippen LogP contribution is 2.56. The van der Waals surface area contributed by atoms with E-state index in [4.69, 9.17) is 0 Å². The van der Waals surface area contributed by atoms with Gasteiger partial charge in [0.25, 0.3) is 0 Å². The van der Waals surface area contributed by atoms with Crippen LogP contribution in [0.1, 0.15) is 35.1 Å². The monoisotopic (exact) mass is 172 g/mol. The van der Waals surface area contributed by atoms with E-state index in [1.54, 1.807) is 11.1 Å². The summed E-state index contributed by atoms with van der Waals surface area (Å²) in [6.07, 6.45) is 5.69. The molecule has 1 fully saturated rings. The van der Waals surface area contributed by atoms with Crippen molar-refractivity contribution >= 4 is 0 Å². The fourth-order valence-corrected chi connectivity index (χ4v) is 2.76. The largest absolute Gasteiger partial charge is 0.0588 e. The Kier molecular flexibility index (Phi) is 1.27. The van der Waals surface area contributed by atoms with Gasteiger partial charge in [-0.05, 0) is 67.2 Å². The van der Waals surface area contributed by atoms with Crippen LogP contribution in [0.5, 0.6) is 0 Å². The lowest BCUT2D eigenvalue weighted by Crippen LogP contribution is -1.97. The maximum atomic E-state index is 2.29. The predicted octanol–water partition coefficient (Wildman–Crippen LogP) is 3.18. The van der Waals surface area contributed by atoms with Crippen LogP contribution in [0.3, 0.4) is 0 Å². The topological polar surface area (TPSA) is 0 Å². The van der Waals surface area contributed by atoms with Crippen molar-refractivity contribution in [1.82, 2.24) is 0 Å². The molecule has 0 amide bonds. The quantitative estimate of drug-likeness (QED) is 0.564. The maximum Gasteiger partial charge on any atom is -0.0213 e. The minimum atomic E-state index is 0.735. The van der Waals surface area contributed by atoms with Gasteiger partial charge in [0.1, 0.15) is 0 Å². The first kappa shape index (κ1) is 7.61. The Morgan fingerprint density at radius 2 is 1.38 bits per heavy atom. The lowest BCUT2D eigenvalue weighted by molar-refractivity contribution is 0.548. The zero-order chi connectivity index (χ0) is 9.05.